The topological polar surface area (TPSA) is 83.6 Å². The van der Waals surface area contributed by atoms with Crippen LogP contribution in [0.25, 0.3) is 0 Å². The van der Waals surface area contributed by atoms with Crippen molar-refractivity contribution in [1.29, 1.82) is 0 Å². The molecule has 0 aliphatic carbocycles. The third-order valence-corrected chi connectivity index (χ3v) is 3.21. The first-order chi connectivity index (χ1) is 9.47. The number of rotatable bonds is 7. The number of hydrogen-bond donors (Lipinski definition) is 2. The van der Waals surface area contributed by atoms with E-state index in [2.05, 4.69) is 0 Å². The molecule has 0 saturated carbocycles. The fourth-order valence-corrected chi connectivity index (χ4v) is 2.10. The van der Waals surface area contributed by atoms with Gasteiger partial charge in [0.1, 0.15) is 0 Å². The SMILES string of the molecule is CC(C)N(CCC(=O)O)C(=O)C(CN)c1ccccc1. The molecule has 1 atom stereocenters. The maximum Gasteiger partial charge on any atom is 0.305 e. The lowest BCUT2D eigenvalue weighted by Crippen LogP contribution is -2.43. The van der Waals surface area contributed by atoms with Crippen molar-refractivity contribution in [2.24, 2.45) is 5.73 Å². The first-order valence-electron chi connectivity index (χ1n) is 6.74. The number of aliphatic carboxylic acids is 1. The van der Waals surface area contributed by atoms with Gasteiger partial charge in [-0.05, 0) is 19.4 Å². The molecule has 0 radical (unpaired) electrons. The Hall–Kier alpha value is -1.88. The first-order valence-corrected chi connectivity index (χ1v) is 6.74. The number of nitrogens with two attached hydrogens (primary N) is 1. The molecule has 1 amide bonds. The van der Waals surface area contributed by atoms with Gasteiger partial charge < -0.3 is 15.7 Å². The van der Waals surface area contributed by atoms with E-state index in [0.29, 0.717) is 0 Å². The molecule has 1 aromatic carbocycles. The minimum absolute atomic E-state index is 0.0559. The summed E-state index contributed by atoms with van der Waals surface area (Å²) >= 11 is 0. The molecule has 1 rings (SSSR count). The Labute approximate surface area is 119 Å². The molecule has 3 N–H and O–H groups in total. The standard InChI is InChI=1S/C15H22N2O3/c1-11(2)17(9-8-14(18)19)15(20)13(10-16)12-6-4-3-5-7-12/h3-7,11,13H,8-10,16H2,1-2H3,(H,18,19). The fourth-order valence-electron chi connectivity index (χ4n) is 2.10. The zero-order chi connectivity index (χ0) is 15.1. The number of carbonyl (C=O) groups is 2. The highest BCUT2D eigenvalue weighted by Gasteiger charge is 2.26. The summed E-state index contributed by atoms with van der Waals surface area (Å²) in [5.41, 5.74) is 6.60. The van der Waals surface area contributed by atoms with E-state index in [4.69, 9.17) is 10.8 Å². The van der Waals surface area contributed by atoms with Gasteiger partial charge in [0.05, 0.1) is 12.3 Å². The summed E-state index contributed by atoms with van der Waals surface area (Å²) in [6, 6.07) is 9.28. The monoisotopic (exact) mass is 278 g/mol. The van der Waals surface area contributed by atoms with Crippen molar-refractivity contribution in [3.8, 4) is 0 Å². The summed E-state index contributed by atoms with van der Waals surface area (Å²) in [7, 11) is 0. The third-order valence-electron chi connectivity index (χ3n) is 3.21. The van der Waals surface area contributed by atoms with E-state index in [1.807, 2.05) is 44.2 Å². The molecule has 5 heteroatoms. The number of benzene rings is 1. The van der Waals surface area contributed by atoms with Crippen molar-refractivity contribution in [2.75, 3.05) is 13.1 Å². The summed E-state index contributed by atoms with van der Waals surface area (Å²) in [5.74, 6) is -1.45. The van der Waals surface area contributed by atoms with Crippen molar-refractivity contribution in [3.63, 3.8) is 0 Å². The number of nitrogens with zero attached hydrogens (tertiary/aromatic N) is 1. The van der Waals surface area contributed by atoms with Gasteiger partial charge in [-0.3, -0.25) is 9.59 Å². The van der Waals surface area contributed by atoms with E-state index >= 15 is 0 Å². The predicted molar refractivity (Wildman–Crippen MR) is 77.3 cm³/mol. The summed E-state index contributed by atoms with van der Waals surface area (Å²) in [4.78, 5) is 24.9. The van der Waals surface area contributed by atoms with E-state index in [0.717, 1.165) is 5.56 Å². The molecule has 1 aromatic rings. The quantitative estimate of drug-likeness (QED) is 0.790. The molecule has 5 nitrogen and oxygen atoms in total. The average molecular weight is 278 g/mol. The van der Waals surface area contributed by atoms with Crippen molar-refractivity contribution in [3.05, 3.63) is 35.9 Å². The number of carbonyl (C=O) groups excluding carboxylic acids is 1. The van der Waals surface area contributed by atoms with Gasteiger partial charge >= 0.3 is 5.97 Å². The van der Waals surface area contributed by atoms with Crippen LogP contribution in [-0.4, -0.2) is 41.0 Å². The highest BCUT2D eigenvalue weighted by molar-refractivity contribution is 5.84. The highest BCUT2D eigenvalue weighted by atomic mass is 16.4. The number of hydrogen-bond acceptors (Lipinski definition) is 3. The Bertz CT molecular complexity index is 446. The van der Waals surface area contributed by atoms with Crippen molar-refractivity contribution in [2.45, 2.75) is 32.2 Å². The number of carboxylic acid groups (broad SMARTS) is 1. The minimum atomic E-state index is -0.910. The lowest BCUT2D eigenvalue weighted by atomic mass is 9.97. The van der Waals surface area contributed by atoms with E-state index in [1.54, 1.807) is 4.90 Å². The second-order valence-electron chi connectivity index (χ2n) is 4.97. The Kier molecular flexibility index (Phi) is 6.18. The molecule has 110 valence electrons. The smallest absolute Gasteiger partial charge is 0.305 e. The van der Waals surface area contributed by atoms with Crippen molar-refractivity contribution >= 4 is 11.9 Å². The maximum atomic E-state index is 12.6. The number of carboxylic acids is 1. The maximum absolute atomic E-state index is 12.6. The summed E-state index contributed by atoms with van der Waals surface area (Å²) in [6.45, 7) is 4.16. The second kappa shape index (κ2) is 7.65. The van der Waals surface area contributed by atoms with Crippen LogP contribution in [0.4, 0.5) is 0 Å². The normalized spacial score (nSPS) is 12.2. The van der Waals surface area contributed by atoms with Gasteiger partial charge in [-0.25, -0.2) is 0 Å². The Balaban J connectivity index is 2.89. The summed E-state index contributed by atoms with van der Waals surface area (Å²) in [5, 5.41) is 8.78. The number of amides is 1. The first kappa shape index (κ1) is 16.2. The van der Waals surface area contributed by atoms with Crippen LogP contribution in [0.3, 0.4) is 0 Å². The minimum Gasteiger partial charge on any atom is -0.481 e. The van der Waals surface area contributed by atoms with Gasteiger partial charge in [0.2, 0.25) is 5.91 Å². The molecule has 0 bridgehead atoms. The van der Waals surface area contributed by atoms with E-state index < -0.39 is 11.9 Å². The molecule has 0 heterocycles. The Morgan fingerprint density at radius 3 is 2.30 bits per heavy atom. The van der Waals surface area contributed by atoms with E-state index in [-0.39, 0.29) is 31.5 Å². The lowest BCUT2D eigenvalue weighted by molar-refractivity contribution is -0.139. The molecule has 0 aliphatic rings. The Morgan fingerprint density at radius 2 is 1.85 bits per heavy atom. The van der Waals surface area contributed by atoms with Crippen LogP contribution in [0.1, 0.15) is 31.7 Å². The van der Waals surface area contributed by atoms with Crippen LogP contribution in [0, 0.1) is 0 Å². The van der Waals surface area contributed by atoms with Gasteiger partial charge in [0.25, 0.3) is 0 Å². The van der Waals surface area contributed by atoms with Crippen LogP contribution >= 0.6 is 0 Å². The predicted octanol–water partition coefficient (Wildman–Crippen LogP) is 1.44. The van der Waals surface area contributed by atoms with E-state index in [1.165, 1.54) is 0 Å². The van der Waals surface area contributed by atoms with Gasteiger partial charge in [-0.1, -0.05) is 30.3 Å². The lowest BCUT2D eigenvalue weighted by Gasteiger charge is -2.30. The van der Waals surface area contributed by atoms with E-state index in [9.17, 15) is 9.59 Å². The molecule has 0 fully saturated rings. The van der Waals surface area contributed by atoms with Gasteiger partial charge in [0.15, 0.2) is 0 Å². The molecule has 0 spiro atoms. The fraction of sp³-hybridized carbons (Fsp3) is 0.467. The summed E-state index contributed by atoms with van der Waals surface area (Å²) in [6.07, 6.45) is -0.0595. The zero-order valence-electron chi connectivity index (χ0n) is 12.0. The highest BCUT2D eigenvalue weighted by Crippen LogP contribution is 2.19. The van der Waals surface area contributed by atoms with Crippen LogP contribution in [0.15, 0.2) is 30.3 Å². The van der Waals surface area contributed by atoms with Crippen LogP contribution < -0.4 is 5.73 Å². The third kappa shape index (κ3) is 4.35. The van der Waals surface area contributed by atoms with Crippen LogP contribution in [0.2, 0.25) is 0 Å². The average Bonchev–Trinajstić information content (AvgIpc) is 2.40. The van der Waals surface area contributed by atoms with Crippen LogP contribution in [0.5, 0.6) is 0 Å². The van der Waals surface area contributed by atoms with Crippen molar-refractivity contribution < 1.29 is 14.7 Å². The molecular weight excluding hydrogens is 256 g/mol. The molecular formula is C15H22N2O3. The molecule has 1 unspecified atom stereocenters. The van der Waals surface area contributed by atoms with Gasteiger partial charge in [-0.15, -0.1) is 0 Å². The Morgan fingerprint density at radius 1 is 1.25 bits per heavy atom. The largest absolute Gasteiger partial charge is 0.481 e. The molecule has 0 aliphatic heterocycles. The zero-order valence-corrected chi connectivity index (χ0v) is 12.0. The molecule has 20 heavy (non-hydrogen) atoms. The van der Waals surface area contributed by atoms with Gasteiger partial charge in [0, 0.05) is 19.1 Å². The van der Waals surface area contributed by atoms with Crippen LogP contribution in [-0.2, 0) is 9.59 Å². The summed E-state index contributed by atoms with van der Waals surface area (Å²) < 4.78 is 0. The molecule has 0 saturated heterocycles. The van der Waals surface area contributed by atoms with Gasteiger partial charge in [-0.2, -0.15) is 0 Å². The van der Waals surface area contributed by atoms with Crippen molar-refractivity contribution in [1.82, 2.24) is 4.90 Å². The molecule has 0 aromatic heterocycles. The second-order valence-corrected chi connectivity index (χ2v) is 4.97.